The van der Waals surface area contributed by atoms with E-state index in [1.165, 1.54) is 12.1 Å². The van der Waals surface area contributed by atoms with Crippen molar-refractivity contribution in [1.29, 1.82) is 0 Å². The van der Waals surface area contributed by atoms with Crippen LogP contribution < -0.4 is 0 Å². The van der Waals surface area contributed by atoms with Crippen molar-refractivity contribution in [1.82, 2.24) is 0 Å². The normalized spacial score (nSPS) is 19.0. The molecule has 0 aliphatic heterocycles. The van der Waals surface area contributed by atoms with Crippen molar-refractivity contribution in [2.24, 2.45) is 10.4 Å². The Bertz CT molecular complexity index is 966. The molecule has 2 aliphatic rings. The number of ether oxygens (including phenoxy) is 2. The van der Waals surface area contributed by atoms with Gasteiger partial charge in [0.2, 0.25) is 0 Å². The molecule has 1 saturated carbocycles. The average molecular weight is 395 g/mol. The number of hydrogen-bond acceptors (Lipinski definition) is 4. The highest BCUT2D eigenvalue weighted by Gasteiger charge is 2.57. The molecule has 1 atom stereocenters. The SMILES string of the molecule is CCOC(=O)C(=NC(=O)OCc1ccccc1)C1c2cc(F)ccc2CC12CC2. The van der Waals surface area contributed by atoms with E-state index >= 15 is 0 Å². The van der Waals surface area contributed by atoms with Crippen LogP contribution in [0.2, 0.25) is 0 Å². The minimum absolute atomic E-state index is 0.00626. The first kappa shape index (κ1) is 19.3. The first-order valence-corrected chi connectivity index (χ1v) is 9.77. The largest absolute Gasteiger partial charge is 0.461 e. The molecular formula is C23H22FNO4. The lowest BCUT2D eigenvalue weighted by molar-refractivity contribution is -0.135. The maximum atomic E-state index is 13.9. The van der Waals surface area contributed by atoms with Crippen LogP contribution in [0.1, 0.15) is 42.4 Å². The summed E-state index contributed by atoms with van der Waals surface area (Å²) in [7, 11) is 0. The number of rotatable bonds is 5. The Hall–Kier alpha value is -3.02. The van der Waals surface area contributed by atoms with E-state index in [1.54, 1.807) is 13.0 Å². The monoisotopic (exact) mass is 395 g/mol. The van der Waals surface area contributed by atoms with Gasteiger partial charge in [0.15, 0.2) is 0 Å². The fourth-order valence-corrected chi connectivity index (χ4v) is 4.15. The van der Waals surface area contributed by atoms with E-state index < -0.39 is 18.0 Å². The predicted molar refractivity (Wildman–Crippen MR) is 105 cm³/mol. The van der Waals surface area contributed by atoms with Gasteiger partial charge in [-0.2, -0.15) is 4.99 Å². The molecule has 0 heterocycles. The molecule has 2 aromatic carbocycles. The summed E-state index contributed by atoms with van der Waals surface area (Å²) < 4.78 is 24.4. The molecule has 4 rings (SSSR count). The van der Waals surface area contributed by atoms with E-state index in [9.17, 15) is 14.0 Å². The highest BCUT2D eigenvalue weighted by molar-refractivity contribution is 6.40. The molecule has 2 aromatic rings. The minimum atomic E-state index is -0.849. The zero-order chi connectivity index (χ0) is 20.4. The third-order valence-electron chi connectivity index (χ3n) is 5.64. The summed E-state index contributed by atoms with van der Waals surface area (Å²) >= 11 is 0. The molecule has 2 aliphatic carbocycles. The highest BCUT2D eigenvalue weighted by Crippen LogP contribution is 2.63. The Morgan fingerprint density at radius 1 is 1.14 bits per heavy atom. The summed E-state index contributed by atoms with van der Waals surface area (Å²) in [4.78, 5) is 29.1. The maximum Gasteiger partial charge on any atom is 0.434 e. The molecule has 1 amide bonds. The molecule has 0 radical (unpaired) electrons. The number of benzene rings is 2. The summed E-state index contributed by atoms with van der Waals surface area (Å²) in [5.74, 6) is -1.49. The Balaban J connectivity index is 1.64. The van der Waals surface area contributed by atoms with Crippen LogP contribution in [-0.2, 0) is 27.3 Å². The Labute approximate surface area is 168 Å². The number of esters is 1. The van der Waals surface area contributed by atoms with E-state index in [4.69, 9.17) is 9.47 Å². The Kier molecular flexibility index (Phi) is 5.18. The third-order valence-corrected chi connectivity index (χ3v) is 5.64. The van der Waals surface area contributed by atoms with Crippen LogP contribution in [0.25, 0.3) is 0 Å². The molecule has 0 N–H and O–H groups in total. The molecular weight excluding hydrogens is 373 g/mol. The zero-order valence-electron chi connectivity index (χ0n) is 16.2. The van der Waals surface area contributed by atoms with Crippen LogP contribution in [0.3, 0.4) is 0 Å². The molecule has 150 valence electrons. The Morgan fingerprint density at radius 2 is 1.90 bits per heavy atom. The van der Waals surface area contributed by atoms with Crippen LogP contribution in [0.15, 0.2) is 53.5 Å². The van der Waals surface area contributed by atoms with Gasteiger partial charge < -0.3 is 9.47 Å². The number of carbonyl (C=O) groups excluding carboxylic acids is 2. The average Bonchev–Trinajstić information content (AvgIpc) is 3.41. The van der Waals surface area contributed by atoms with Crippen LogP contribution in [0.5, 0.6) is 0 Å². The van der Waals surface area contributed by atoms with E-state index in [0.717, 1.165) is 30.4 Å². The molecule has 0 bridgehead atoms. The van der Waals surface area contributed by atoms with Gasteiger partial charge in [0.1, 0.15) is 18.1 Å². The second-order valence-corrected chi connectivity index (χ2v) is 7.57. The van der Waals surface area contributed by atoms with Crippen LogP contribution in [0, 0.1) is 11.2 Å². The van der Waals surface area contributed by atoms with Gasteiger partial charge in [-0.1, -0.05) is 36.4 Å². The quantitative estimate of drug-likeness (QED) is 0.549. The van der Waals surface area contributed by atoms with Crippen molar-refractivity contribution in [3.63, 3.8) is 0 Å². The molecule has 1 spiro atoms. The van der Waals surface area contributed by atoms with E-state index in [1.807, 2.05) is 30.3 Å². The lowest BCUT2D eigenvalue weighted by Crippen LogP contribution is -2.30. The summed E-state index contributed by atoms with van der Waals surface area (Å²) in [5, 5.41) is 0. The molecule has 0 saturated heterocycles. The number of carbonyl (C=O) groups is 2. The van der Waals surface area contributed by atoms with Gasteiger partial charge in [-0.05, 0) is 60.4 Å². The molecule has 1 fully saturated rings. The van der Waals surface area contributed by atoms with E-state index in [-0.39, 0.29) is 30.2 Å². The number of nitrogens with zero attached hydrogens (tertiary/aromatic N) is 1. The second kappa shape index (κ2) is 7.78. The van der Waals surface area contributed by atoms with Gasteiger partial charge >= 0.3 is 12.1 Å². The third kappa shape index (κ3) is 3.92. The standard InChI is InChI=1S/C23H22FNO4/c1-2-28-21(26)20(25-22(27)29-14-15-6-4-3-5-7-15)19-18-12-17(24)9-8-16(18)13-23(19)10-11-23/h3-9,12,19H,2,10-11,13-14H2,1H3. The van der Waals surface area contributed by atoms with Gasteiger partial charge in [0.25, 0.3) is 0 Å². The molecule has 0 aromatic heterocycles. The molecule has 5 nitrogen and oxygen atoms in total. The summed E-state index contributed by atoms with van der Waals surface area (Å²) in [5.41, 5.74) is 2.34. The first-order chi connectivity index (χ1) is 14.0. The van der Waals surface area contributed by atoms with Crippen LogP contribution in [-0.4, -0.2) is 24.4 Å². The van der Waals surface area contributed by atoms with Crippen molar-refractivity contribution in [3.05, 3.63) is 71.0 Å². The second-order valence-electron chi connectivity index (χ2n) is 7.57. The fraction of sp³-hybridized carbons (Fsp3) is 0.348. The first-order valence-electron chi connectivity index (χ1n) is 9.77. The van der Waals surface area contributed by atoms with Crippen molar-refractivity contribution < 1.29 is 23.5 Å². The van der Waals surface area contributed by atoms with Crippen molar-refractivity contribution in [3.8, 4) is 0 Å². The smallest absolute Gasteiger partial charge is 0.434 e. The predicted octanol–water partition coefficient (Wildman–Crippen LogP) is 4.59. The lowest BCUT2D eigenvalue weighted by atomic mass is 9.85. The minimum Gasteiger partial charge on any atom is -0.461 e. The van der Waals surface area contributed by atoms with Crippen LogP contribution in [0.4, 0.5) is 9.18 Å². The number of hydrogen-bond donors (Lipinski definition) is 0. The number of fused-ring (bicyclic) bond motifs is 1. The number of aliphatic imine (C=N–C) groups is 1. The van der Waals surface area contributed by atoms with E-state index in [2.05, 4.69) is 4.99 Å². The van der Waals surface area contributed by atoms with Gasteiger partial charge in [-0.3, -0.25) is 0 Å². The summed E-state index contributed by atoms with van der Waals surface area (Å²) in [6.07, 6.45) is 1.68. The van der Waals surface area contributed by atoms with Gasteiger partial charge in [0.05, 0.1) is 6.61 Å². The van der Waals surface area contributed by atoms with Crippen molar-refractivity contribution in [2.75, 3.05) is 6.61 Å². The lowest BCUT2D eigenvalue weighted by Gasteiger charge is -2.20. The molecule has 29 heavy (non-hydrogen) atoms. The number of halogens is 1. The summed E-state index contributed by atoms with van der Waals surface area (Å²) in [6, 6.07) is 13.8. The van der Waals surface area contributed by atoms with Crippen molar-refractivity contribution in [2.45, 2.75) is 38.7 Å². The fourth-order valence-electron chi connectivity index (χ4n) is 4.15. The zero-order valence-corrected chi connectivity index (χ0v) is 16.2. The van der Waals surface area contributed by atoms with Crippen LogP contribution >= 0.6 is 0 Å². The number of amides is 1. The highest BCUT2D eigenvalue weighted by atomic mass is 19.1. The van der Waals surface area contributed by atoms with Gasteiger partial charge in [-0.25, -0.2) is 14.0 Å². The maximum absolute atomic E-state index is 13.9. The van der Waals surface area contributed by atoms with Gasteiger partial charge in [-0.15, -0.1) is 0 Å². The summed E-state index contributed by atoms with van der Waals surface area (Å²) in [6.45, 7) is 1.91. The van der Waals surface area contributed by atoms with E-state index in [0.29, 0.717) is 5.56 Å². The molecule has 1 unspecified atom stereocenters. The van der Waals surface area contributed by atoms with Crippen molar-refractivity contribution >= 4 is 17.8 Å². The topological polar surface area (TPSA) is 65.0 Å². The Morgan fingerprint density at radius 3 is 2.59 bits per heavy atom. The molecule has 6 heteroatoms. The van der Waals surface area contributed by atoms with Gasteiger partial charge in [0, 0.05) is 5.92 Å².